The Labute approximate surface area is 157 Å². The second-order valence-corrected chi connectivity index (χ2v) is 8.42. The topological polar surface area (TPSA) is 138 Å². The highest BCUT2D eigenvalue weighted by Crippen LogP contribution is 2.41. The number of carbonyl (C=O) groups excluding carboxylic acids is 2. The van der Waals surface area contributed by atoms with Crippen LogP contribution in [0.2, 0.25) is 0 Å². The molecule has 3 saturated heterocycles. The Balaban J connectivity index is 1.62. The molecule has 0 spiro atoms. The minimum Gasteiger partial charge on any atom is -0.310 e. The van der Waals surface area contributed by atoms with E-state index < -0.39 is 53.3 Å². The lowest BCUT2D eigenvalue weighted by Crippen LogP contribution is -2.56. The van der Waals surface area contributed by atoms with Gasteiger partial charge >= 0.3 is 16.4 Å². The molecule has 27 heavy (non-hydrogen) atoms. The van der Waals surface area contributed by atoms with Crippen molar-refractivity contribution >= 4 is 34.1 Å². The zero-order valence-corrected chi connectivity index (χ0v) is 15.5. The van der Waals surface area contributed by atoms with Gasteiger partial charge in [0.05, 0.1) is 13.2 Å². The fraction of sp³-hybridized carbons (Fsp3) is 0.833. The Hall–Kier alpha value is -1.26. The van der Waals surface area contributed by atoms with E-state index in [1.165, 1.54) is 0 Å². The van der Waals surface area contributed by atoms with Crippen LogP contribution in [0, 0.1) is 0 Å². The van der Waals surface area contributed by atoms with Crippen LogP contribution in [-0.4, -0.2) is 90.1 Å². The average Bonchev–Trinajstić information content (AvgIpc) is 2.86. The van der Waals surface area contributed by atoms with Crippen LogP contribution in [-0.2, 0) is 24.3 Å². The molecule has 11 nitrogen and oxygen atoms in total. The van der Waals surface area contributed by atoms with Gasteiger partial charge in [0.2, 0.25) is 0 Å². The summed E-state index contributed by atoms with van der Waals surface area (Å²) in [7, 11) is -5.18. The predicted octanol–water partition coefficient (Wildman–Crippen LogP) is -1.01. The second-order valence-electron chi connectivity index (χ2n) is 6.26. The van der Waals surface area contributed by atoms with Crippen molar-refractivity contribution in [2.24, 2.45) is 0 Å². The van der Waals surface area contributed by atoms with Crippen molar-refractivity contribution in [3.05, 3.63) is 0 Å². The fourth-order valence-corrected chi connectivity index (χ4v) is 4.39. The molecule has 1 unspecified atom stereocenters. The van der Waals surface area contributed by atoms with Gasteiger partial charge in [0, 0.05) is 30.5 Å². The van der Waals surface area contributed by atoms with Crippen LogP contribution in [0.3, 0.4) is 0 Å². The van der Waals surface area contributed by atoms with E-state index in [9.17, 15) is 26.8 Å². The lowest BCUT2D eigenvalue weighted by molar-refractivity contribution is -0.159. The van der Waals surface area contributed by atoms with Crippen molar-refractivity contribution < 1.29 is 40.5 Å². The van der Waals surface area contributed by atoms with E-state index in [1.807, 2.05) is 0 Å². The molecule has 0 aromatic rings. The number of hydroxylamine groups is 3. The van der Waals surface area contributed by atoms with Crippen LogP contribution in [0.25, 0.3) is 0 Å². The molecule has 0 aromatic carbocycles. The Morgan fingerprint density at radius 1 is 1.48 bits per heavy atom. The van der Waals surface area contributed by atoms with Gasteiger partial charge in [-0.2, -0.15) is 25.2 Å². The molecule has 15 heteroatoms. The average molecular weight is 432 g/mol. The lowest BCUT2D eigenvalue weighted by Gasteiger charge is -2.34. The zero-order valence-electron chi connectivity index (χ0n) is 13.8. The first-order valence-electron chi connectivity index (χ1n) is 7.96. The smallest absolute Gasteiger partial charge is 0.310 e. The van der Waals surface area contributed by atoms with Crippen molar-refractivity contribution in [3.8, 4) is 0 Å². The highest BCUT2D eigenvalue weighted by Gasteiger charge is 2.62. The molecule has 3 heterocycles. The molecule has 2 bridgehead atoms. The molecule has 3 aliphatic rings. The molecular formula is C12H18F2N4O7S2. The number of nitrogens with zero attached hydrogens (tertiary/aromatic N) is 2. The van der Waals surface area contributed by atoms with E-state index in [0.717, 1.165) is 23.0 Å². The van der Waals surface area contributed by atoms with Gasteiger partial charge in [-0.3, -0.25) is 14.2 Å². The molecule has 0 aliphatic carbocycles. The molecule has 3 aliphatic heterocycles. The van der Waals surface area contributed by atoms with Gasteiger partial charge in [0.1, 0.15) is 12.1 Å². The molecule has 3 amide bonds. The molecule has 0 saturated carbocycles. The summed E-state index contributed by atoms with van der Waals surface area (Å²) in [4.78, 5) is 30.2. The molecule has 154 valence electrons. The predicted molar refractivity (Wildman–Crippen MR) is 86.9 cm³/mol. The zero-order chi connectivity index (χ0) is 19.8. The van der Waals surface area contributed by atoms with E-state index in [2.05, 4.69) is 15.1 Å². The van der Waals surface area contributed by atoms with Crippen LogP contribution in [0.1, 0.15) is 6.42 Å². The van der Waals surface area contributed by atoms with Gasteiger partial charge in [-0.05, 0) is 0 Å². The number of fused-ring (bicyclic) bond motifs is 2. The van der Waals surface area contributed by atoms with Gasteiger partial charge in [0.25, 0.3) is 11.8 Å². The third kappa shape index (κ3) is 4.60. The summed E-state index contributed by atoms with van der Waals surface area (Å²) in [6.45, 7) is 0.269. The molecule has 3 rings (SSSR count). The second kappa shape index (κ2) is 7.63. The number of hydrogen-bond donors (Lipinski definition) is 3. The van der Waals surface area contributed by atoms with E-state index in [0.29, 0.717) is 0 Å². The van der Waals surface area contributed by atoms with E-state index in [4.69, 9.17) is 9.39 Å². The van der Waals surface area contributed by atoms with Gasteiger partial charge in [0.15, 0.2) is 0 Å². The van der Waals surface area contributed by atoms with E-state index in [1.54, 1.807) is 11.8 Å². The summed E-state index contributed by atoms with van der Waals surface area (Å²) in [5, 5.41) is 3.04. The third-order valence-corrected chi connectivity index (χ3v) is 5.83. The number of amides is 3. The molecule has 3 N–H and O–H groups in total. The maximum atomic E-state index is 14.3. The number of thioether (sulfide) groups is 1. The maximum Gasteiger partial charge on any atom is 0.418 e. The SMILES string of the molecule is O=C(NOCC1CSCCN1)[C@@H]1CC(F)(F)[C@@H]2CN1C(=O)N2OS(=O)(=O)O. The summed E-state index contributed by atoms with van der Waals surface area (Å²) in [6.07, 6.45) is -1.04. The van der Waals surface area contributed by atoms with Crippen molar-refractivity contribution in [2.45, 2.75) is 30.5 Å². The summed E-state index contributed by atoms with van der Waals surface area (Å²) >= 11 is 1.71. The Morgan fingerprint density at radius 3 is 2.85 bits per heavy atom. The summed E-state index contributed by atoms with van der Waals surface area (Å²) in [5.41, 5.74) is 2.06. The number of halogens is 2. The molecule has 0 aromatic heterocycles. The molecule has 3 fully saturated rings. The Bertz CT molecular complexity index is 704. The maximum absolute atomic E-state index is 14.3. The number of hydrogen-bond acceptors (Lipinski definition) is 8. The number of carbonyl (C=O) groups is 2. The van der Waals surface area contributed by atoms with Crippen LogP contribution >= 0.6 is 11.8 Å². The standard InChI is InChI=1S/C12H18F2N4O7S2/c13-12(14)3-8(10(19)16-24-5-7-6-26-2-1-15-7)17-4-9(12)18(11(17)20)25-27(21,22)23/h7-9,15H,1-6H2,(H,16,19)(H,21,22,23)/t7?,8-,9-/m0/s1. The lowest BCUT2D eigenvalue weighted by atomic mass is 9.96. The van der Waals surface area contributed by atoms with Crippen LogP contribution in [0.4, 0.5) is 13.6 Å². The summed E-state index contributed by atoms with van der Waals surface area (Å²) in [5.74, 6) is -2.85. The summed E-state index contributed by atoms with van der Waals surface area (Å²) in [6, 6.07) is -4.79. The van der Waals surface area contributed by atoms with E-state index >= 15 is 0 Å². The van der Waals surface area contributed by atoms with Crippen LogP contribution in [0.15, 0.2) is 0 Å². The monoisotopic (exact) mass is 432 g/mol. The first-order chi connectivity index (χ1) is 12.6. The number of rotatable bonds is 6. The van der Waals surface area contributed by atoms with E-state index in [-0.39, 0.29) is 17.7 Å². The van der Waals surface area contributed by atoms with Crippen molar-refractivity contribution in [1.82, 2.24) is 20.8 Å². The number of urea groups is 1. The number of alkyl halides is 2. The van der Waals surface area contributed by atoms with Gasteiger partial charge in [-0.25, -0.2) is 19.1 Å². The normalized spacial score (nSPS) is 30.5. The third-order valence-electron chi connectivity index (χ3n) is 4.35. The highest BCUT2D eigenvalue weighted by atomic mass is 32.3. The van der Waals surface area contributed by atoms with Crippen LogP contribution < -0.4 is 10.8 Å². The molecular weight excluding hydrogens is 414 g/mol. The molecule has 3 atom stereocenters. The fourth-order valence-electron chi connectivity index (χ4n) is 3.10. The van der Waals surface area contributed by atoms with Crippen LogP contribution in [0.5, 0.6) is 0 Å². The minimum atomic E-state index is -5.18. The quantitative estimate of drug-likeness (QED) is 0.356. The largest absolute Gasteiger partial charge is 0.418 e. The highest BCUT2D eigenvalue weighted by molar-refractivity contribution is 7.99. The minimum absolute atomic E-state index is 0.00621. The van der Waals surface area contributed by atoms with Crippen molar-refractivity contribution in [1.29, 1.82) is 0 Å². The first kappa shape index (κ1) is 20.5. The van der Waals surface area contributed by atoms with Gasteiger partial charge < -0.3 is 10.2 Å². The Kier molecular flexibility index (Phi) is 5.79. The first-order valence-corrected chi connectivity index (χ1v) is 10.5. The Morgan fingerprint density at radius 2 is 2.22 bits per heavy atom. The van der Waals surface area contributed by atoms with Gasteiger partial charge in [-0.15, -0.1) is 4.28 Å². The molecule has 0 radical (unpaired) electrons. The number of nitrogens with one attached hydrogen (secondary N) is 2. The van der Waals surface area contributed by atoms with Crippen molar-refractivity contribution in [3.63, 3.8) is 0 Å². The number of piperidine rings is 1. The van der Waals surface area contributed by atoms with Gasteiger partial charge in [-0.1, -0.05) is 0 Å². The summed E-state index contributed by atoms with van der Waals surface area (Å²) < 4.78 is 62.9. The van der Waals surface area contributed by atoms with Crippen molar-refractivity contribution in [2.75, 3.05) is 31.2 Å².